The van der Waals surface area contributed by atoms with Crippen molar-refractivity contribution in [2.24, 2.45) is 5.92 Å². The average Bonchev–Trinajstić information content (AvgIpc) is 3.12. The highest BCUT2D eigenvalue weighted by Gasteiger charge is 2.37. The number of hydrogen-bond acceptors (Lipinski definition) is 3. The van der Waals surface area contributed by atoms with Crippen molar-refractivity contribution < 1.29 is 13.2 Å². The molecule has 1 aromatic carbocycles. The summed E-state index contributed by atoms with van der Waals surface area (Å²) in [5, 5.41) is -0.133. The molecule has 0 amide bonds. The first kappa shape index (κ1) is 16.9. The molecule has 2 fully saturated rings. The topological polar surface area (TPSA) is 46.6 Å². The quantitative estimate of drug-likeness (QED) is 0.828. The molecule has 0 bridgehead atoms. The molecule has 3 rings (SSSR count). The second-order valence-electron chi connectivity index (χ2n) is 6.75. The Morgan fingerprint density at radius 3 is 2.22 bits per heavy atom. The summed E-state index contributed by atoms with van der Waals surface area (Å²) in [6.45, 7) is 1.27. The number of rotatable bonds is 5. The van der Waals surface area contributed by atoms with Gasteiger partial charge in [-0.05, 0) is 37.2 Å². The third kappa shape index (κ3) is 3.62. The third-order valence-corrected chi connectivity index (χ3v) is 7.79. The molecule has 0 radical (unpaired) electrons. The molecule has 1 saturated heterocycles. The van der Waals surface area contributed by atoms with E-state index in [1.165, 1.54) is 5.56 Å². The molecule has 1 aliphatic heterocycles. The van der Waals surface area contributed by atoms with E-state index in [1.54, 1.807) is 11.4 Å². The zero-order valence-corrected chi connectivity index (χ0v) is 14.7. The van der Waals surface area contributed by atoms with E-state index in [4.69, 9.17) is 4.74 Å². The molecule has 1 aliphatic carbocycles. The van der Waals surface area contributed by atoms with Gasteiger partial charge in [0.1, 0.15) is 0 Å². The Labute approximate surface area is 139 Å². The number of ether oxygens (including phenoxy) is 1. The fraction of sp³-hybridized carbons (Fsp3) is 0.667. The maximum atomic E-state index is 12.7. The van der Waals surface area contributed by atoms with E-state index < -0.39 is 10.0 Å². The SMILES string of the molecule is COC(c1ccccc1)C1CCN(S(=O)(=O)C2CCCC2)CC1. The summed E-state index contributed by atoms with van der Waals surface area (Å²) in [5.74, 6) is 0.387. The minimum Gasteiger partial charge on any atom is -0.376 e. The largest absolute Gasteiger partial charge is 0.376 e. The van der Waals surface area contributed by atoms with Crippen LogP contribution in [0.25, 0.3) is 0 Å². The van der Waals surface area contributed by atoms with Crippen LogP contribution in [0, 0.1) is 5.92 Å². The molecule has 1 saturated carbocycles. The van der Waals surface area contributed by atoms with Crippen LogP contribution < -0.4 is 0 Å². The van der Waals surface area contributed by atoms with Crippen LogP contribution in [0.5, 0.6) is 0 Å². The molecule has 4 nitrogen and oxygen atoms in total. The maximum absolute atomic E-state index is 12.7. The van der Waals surface area contributed by atoms with Crippen molar-refractivity contribution in [3.8, 4) is 0 Å². The van der Waals surface area contributed by atoms with E-state index in [0.29, 0.717) is 19.0 Å². The Morgan fingerprint density at radius 1 is 1.04 bits per heavy atom. The van der Waals surface area contributed by atoms with Gasteiger partial charge in [0.25, 0.3) is 0 Å². The van der Waals surface area contributed by atoms with Crippen molar-refractivity contribution in [1.29, 1.82) is 0 Å². The summed E-state index contributed by atoms with van der Waals surface area (Å²) in [4.78, 5) is 0. The molecule has 1 atom stereocenters. The number of benzene rings is 1. The van der Waals surface area contributed by atoms with Crippen LogP contribution in [0.2, 0.25) is 0 Å². The van der Waals surface area contributed by atoms with E-state index >= 15 is 0 Å². The fourth-order valence-electron chi connectivity index (χ4n) is 4.07. The highest BCUT2D eigenvalue weighted by Crippen LogP contribution is 2.35. The van der Waals surface area contributed by atoms with E-state index in [-0.39, 0.29) is 11.4 Å². The van der Waals surface area contributed by atoms with Crippen molar-refractivity contribution in [3.63, 3.8) is 0 Å². The summed E-state index contributed by atoms with van der Waals surface area (Å²) < 4.78 is 32.9. The van der Waals surface area contributed by atoms with E-state index in [2.05, 4.69) is 12.1 Å². The Bertz CT molecular complexity index is 588. The van der Waals surface area contributed by atoms with Crippen LogP contribution in [0.1, 0.15) is 50.2 Å². The van der Waals surface area contributed by atoms with Crippen molar-refractivity contribution in [2.45, 2.75) is 49.9 Å². The lowest BCUT2D eigenvalue weighted by atomic mass is 9.88. The maximum Gasteiger partial charge on any atom is 0.216 e. The second kappa shape index (κ2) is 7.32. The highest BCUT2D eigenvalue weighted by molar-refractivity contribution is 7.89. The number of methoxy groups -OCH3 is 1. The molecular formula is C18H27NO3S. The molecule has 1 unspecified atom stereocenters. The molecule has 23 heavy (non-hydrogen) atoms. The Morgan fingerprint density at radius 2 is 1.65 bits per heavy atom. The predicted octanol–water partition coefficient (Wildman–Crippen LogP) is 3.36. The molecule has 1 heterocycles. The van der Waals surface area contributed by atoms with Crippen LogP contribution in [-0.2, 0) is 14.8 Å². The first-order chi connectivity index (χ1) is 11.1. The van der Waals surface area contributed by atoms with Gasteiger partial charge in [-0.3, -0.25) is 0 Å². The van der Waals surface area contributed by atoms with Gasteiger partial charge in [-0.1, -0.05) is 43.2 Å². The molecule has 0 aromatic heterocycles. The molecular weight excluding hydrogens is 310 g/mol. The monoisotopic (exact) mass is 337 g/mol. The lowest BCUT2D eigenvalue weighted by Gasteiger charge is -2.36. The molecule has 1 aromatic rings. The lowest BCUT2D eigenvalue weighted by Crippen LogP contribution is -2.43. The van der Waals surface area contributed by atoms with E-state index in [0.717, 1.165) is 38.5 Å². The number of piperidine rings is 1. The normalized spacial score (nSPS) is 23.2. The van der Waals surface area contributed by atoms with Gasteiger partial charge in [-0.2, -0.15) is 0 Å². The summed E-state index contributed by atoms with van der Waals surface area (Å²) >= 11 is 0. The second-order valence-corrected chi connectivity index (χ2v) is 8.97. The van der Waals surface area contributed by atoms with Gasteiger partial charge < -0.3 is 4.74 Å². The van der Waals surface area contributed by atoms with E-state index in [1.807, 2.05) is 18.2 Å². The first-order valence-corrected chi connectivity index (χ1v) is 10.2. The van der Waals surface area contributed by atoms with Crippen molar-refractivity contribution in [1.82, 2.24) is 4.31 Å². The minimum atomic E-state index is -3.09. The Kier molecular flexibility index (Phi) is 5.39. The van der Waals surface area contributed by atoms with Crippen LogP contribution in [0.3, 0.4) is 0 Å². The number of hydrogen-bond donors (Lipinski definition) is 0. The zero-order valence-electron chi connectivity index (χ0n) is 13.9. The van der Waals surface area contributed by atoms with Gasteiger partial charge in [0.2, 0.25) is 10.0 Å². The van der Waals surface area contributed by atoms with Gasteiger partial charge in [-0.25, -0.2) is 12.7 Å². The summed E-state index contributed by atoms with van der Waals surface area (Å²) in [6.07, 6.45) is 5.60. The van der Waals surface area contributed by atoms with Gasteiger partial charge in [0.05, 0.1) is 11.4 Å². The molecule has 0 spiro atoms. The van der Waals surface area contributed by atoms with Crippen molar-refractivity contribution in [2.75, 3.05) is 20.2 Å². The predicted molar refractivity (Wildman–Crippen MR) is 91.7 cm³/mol. The summed E-state index contributed by atoms with van der Waals surface area (Å²) in [7, 11) is -1.34. The molecule has 5 heteroatoms. The number of sulfonamides is 1. The molecule has 0 N–H and O–H groups in total. The summed E-state index contributed by atoms with van der Waals surface area (Å²) in [6, 6.07) is 10.3. The van der Waals surface area contributed by atoms with Gasteiger partial charge in [-0.15, -0.1) is 0 Å². The smallest absolute Gasteiger partial charge is 0.216 e. The zero-order chi connectivity index (χ0) is 16.3. The average molecular weight is 337 g/mol. The number of nitrogens with zero attached hydrogens (tertiary/aromatic N) is 1. The van der Waals surface area contributed by atoms with Crippen LogP contribution in [0.15, 0.2) is 30.3 Å². The van der Waals surface area contributed by atoms with Crippen molar-refractivity contribution in [3.05, 3.63) is 35.9 Å². The van der Waals surface area contributed by atoms with Crippen molar-refractivity contribution >= 4 is 10.0 Å². The molecule has 128 valence electrons. The van der Waals surface area contributed by atoms with Gasteiger partial charge >= 0.3 is 0 Å². The first-order valence-electron chi connectivity index (χ1n) is 8.69. The standard InChI is InChI=1S/C18H27NO3S/c1-22-18(15-7-3-2-4-8-15)16-11-13-19(14-12-16)23(20,21)17-9-5-6-10-17/h2-4,7-8,16-18H,5-6,9-14H2,1H3. The molecule has 2 aliphatic rings. The minimum absolute atomic E-state index is 0.0625. The van der Waals surface area contributed by atoms with Gasteiger partial charge in [0, 0.05) is 20.2 Å². The lowest BCUT2D eigenvalue weighted by molar-refractivity contribution is 0.0303. The van der Waals surface area contributed by atoms with Crippen LogP contribution in [0.4, 0.5) is 0 Å². The van der Waals surface area contributed by atoms with Crippen LogP contribution in [-0.4, -0.2) is 38.2 Å². The third-order valence-electron chi connectivity index (χ3n) is 5.39. The summed E-state index contributed by atoms with van der Waals surface area (Å²) in [5.41, 5.74) is 1.19. The fourth-order valence-corrected chi connectivity index (χ4v) is 6.14. The van der Waals surface area contributed by atoms with E-state index in [9.17, 15) is 8.42 Å². The highest BCUT2D eigenvalue weighted by atomic mass is 32.2. The Hall–Kier alpha value is -0.910. The van der Waals surface area contributed by atoms with Crippen LogP contribution >= 0.6 is 0 Å². The Balaban J connectivity index is 1.63. The van der Waals surface area contributed by atoms with Gasteiger partial charge in [0.15, 0.2) is 0 Å².